The molecule has 1 unspecified atom stereocenters. The van der Waals surface area contributed by atoms with Crippen LogP contribution >= 0.6 is 0 Å². The molecule has 0 radical (unpaired) electrons. The van der Waals surface area contributed by atoms with Crippen LogP contribution in [0.1, 0.15) is 24.0 Å². The van der Waals surface area contributed by atoms with Crippen molar-refractivity contribution in [3.05, 3.63) is 108 Å². The van der Waals surface area contributed by atoms with Crippen LogP contribution in [-0.2, 0) is 27.2 Å². The quantitative estimate of drug-likeness (QED) is 0.341. The van der Waals surface area contributed by atoms with Gasteiger partial charge in [-0.25, -0.2) is 0 Å². The summed E-state index contributed by atoms with van der Waals surface area (Å²) in [6, 6.07) is 31.9. The lowest BCUT2D eigenvalue weighted by atomic mass is 10.0. The van der Waals surface area contributed by atoms with Crippen molar-refractivity contribution in [2.24, 2.45) is 0 Å². The zero-order valence-electron chi connectivity index (χ0n) is 21.9. The van der Waals surface area contributed by atoms with Crippen LogP contribution in [0.3, 0.4) is 0 Å². The average molecular weight is 520 g/mol. The van der Waals surface area contributed by atoms with E-state index in [1.54, 1.807) is 4.90 Å². The Morgan fingerprint density at radius 2 is 1.54 bits per heavy atom. The average Bonchev–Trinajstić information content (AvgIpc) is 3.47. The molecule has 4 aromatic carbocycles. The van der Waals surface area contributed by atoms with E-state index in [4.69, 9.17) is 0 Å². The zero-order chi connectivity index (χ0) is 27.0. The molecule has 3 amide bonds. The van der Waals surface area contributed by atoms with Crippen molar-refractivity contribution in [1.29, 1.82) is 0 Å². The Morgan fingerprint density at radius 1 is 0.795 bits per heavy atom. The van der Waals surface area contributed by atoms with Gasteiger partial charge < -0.3 is 15.5 Å². The summed E-state index contributed by atoms with van der Waals surface area (Å²) in [7, 11) is 0. The van der Waals surface area contributed by atoms with Crippen molar-refractivity contribution in [3.8, 4) is 11.1 Å². The van der Waals surface area contributed by atoms with Gasteiger partial charge in [-0.3, -0.25) is 14.4 Å². The van der Waals surface area contributed by atoms with Crippen LogP contribution in [0.2, 0.25) is 0 Å². The number of carbonyl (C=O) groups is 3. The van der Waals surface area contributed by atoms with Crippen LogP contribution < -0.4 is 10.6 Å². The van der Waals surface area contributed by atoms with Crippen LogP contribution in [0.25, 0.3) is 21.9 Å². The fraction of sp³-hybridized carbons (Fsp3) is 0.242. The van der Waals surface area contributed by atoms with Gasteiger partial charge in [-0.2, -0.15) is 0 Å². The van der Waals surface area contributed by atoms with Crippen molar-refractivity contribution < 1.29 is 14.4 Å². The molecular formula is C33H33N3O3. The molecule has 0 aromatic heterocycles. The molecule has 1 saturated heterocycles. The van der Waals surface area contributed by atoms with E-state index in [2.05, 4.69) is 34.9 Å². The lowest BCUT2D eigenvalue weighted by Crippen LogP contribution is -2.48. The third kappa shape index (κ3) is 6.52. The molecule has 5 rings (SSSR count). The Kier molecular flexibility index (Phi) is 8.32. The van der Waals surface area contributed by atoms with Crippen molar-refractivity contribution in [3.63, 3.8) is 0 Å². The predicted molar refractivity (Wildman–Crippen MR) is 154 cm³/mol. The number of hydrogen-bond donors (Lipinski definition) is 2. The monoisotopic (exact) mass is 519 g/mol. The van der Waals surface area contributed by atoms with Gasteiger partial charge in [0.2, 0.25) is 17.7 Å². The Bertz CT molecular complexity index is 1460. The molecule has 1 fully saturated rings. The van der Waals surface area contributed by atoms with E-state index in [1.165, 1.54) is 0 Å². The van der Waals surface area contributed by atoms with Crippen molar-refractivity contribution >= 4 is 28.5 Å². The number of hydrogen-bond acceptors (Lipinski definition) is 3. The number of amides is 3. The minimum absolute atomic E-state index is 0.0637. The fourth-order valence-electron chi connectivity index (χ4n) is 5.28. The van der Waals surface area contributed by atoms with Gasteiger partial charge in [0.1, 0.15) is 6.04 Å². The number of benzene rings is 4. The molecule has 1 aliphatic heterocycles. The Morgan fingerprint density at radius 3 is 2.41 bits per heavy atom. The lowest BCUT2D eigenvalue weighted by molar-refractivity contribution is -0.138. The standard InChI is InChI=1S/C33H33N3O3/c37-31(34-19-18-24-9-6-14-27(21-24)25-10-2-1-3-11-25)23-35-33(39)30-17-8-20-36(30)32(38)22-28-15-7-13-26-12-4-5-16-29(26)28/h1-7,9-16,21,30H,8,17-20,22-23H2,(H,34,37)(H,35,39). The summed E-state index contributed by atoms with van der Waals surface area (Å²) in [5.74, 6) is -0.579. The van der Waals surface area contributed by atoms with E-state index in [-0.39, 0.29) is 30.7 Å². The number of nitrogens with zero attached hydrogens (tertiary/aromatic N) is 1. The molecule has 0 saturated carbocycles. The maximum absolute atomic E-state index is 13.2. The third-order valence-electron chi connectivity index (χ3n) is 7.29. The highest BCUT2D eigenvalue weighted by molar-refractivity contribution is 5.94. The first-order valence-corrected chi connectivity index (χ1v) is 13.5. The van der Waals surface area contributed by atoms with E-state index in [0.717, 1.165) is 39.4 Å². The summed E-state index contributed by atoms with van der Waals surface area (Å²) in [6.45, 7) is 0.923. The van der Waals surface area contributed by atoms with Crippen LogP contribution in [0.4, 0.5) is 0 Å². The molecule has 4 aromatic rings. The van der Waals surface area contributed by atoms with Crippen LogP contribution in [0.5, 0.6) is 0 Å². The largest absolute Gasteiger partial charge is 0.354 e. The second-order valence-corrected chi connectivity index (χ2v) is 9.94. The highest BCUT2D eigenvalue weighted by Crippen LogP contribution is 2.23. The van der Waals surface area contributed by atoms with E-state index >= 15 is 0 Å². The smallest absolute Gasteiger partial charge is 0.243 e. The molecule has 0 aliphatic carbocycles. The number of fused-ring (bicyclic) bond motifs is 1. The first kappa shape index (κ1) is 26.2. The highest BCUT2D eigenvalue weighted by Gasteiger charge is 2.34. The predicted octanol–water partition coefficient (Wildman–Crippen LogP) is 4.52. The van der Waals surface area contributed by atoms with Crippen LogP contribution in [0.15, 0.2) is 97.1 Å². The second-order valence-electron chi connectivity index (χ2n) is 9.94. The number of likely N-dealkylation sites (tertiary alicyclic amines) is 1. The van der Waals surface area contributed by atoms with Gasteiger partial charge in [-0.15, -0.1) is 0 Å². The molecule has 1 atom stereocenters. The van der Waals surface area contributed by atoms with Gasteiger partial charge in [-0.1, -0.05) is 97.1 Å². The molecule has 6 heteroatoms. The molecule has 6 nitrogen and oxygen atoms in total. The van der Waals surface area contributed by atoms with Gasteiger partial charge in [0.15, 0.2) is 0 Å². The van der Waals surface area contributed by atoms with Crippen LogP contribution in [0, 0.1) is 0 Å². The number of nitrogens with one attached hydrogen (secondary N) is 2. The molecule has 0 bridgehead atoms. The minimum atomic E-state index is -0.541. The maximum atomic E-state index is 13.2. The van der Waals surface area contributed by atoms with Crippen molar-refractivity contribution in [2.45, 2.75) is 31.7 Å². The van der Waals surface area contributed by atoms with Gasteiger partial charge in [0.25, 0.3) is 0 Å². The van der Waals surface area contributed by atoms with Crippen molar-refractivity contribution in [2.75, 3.05) is 19.6 Å². The highest BCUT2D eigenvalue weighted by atomic mass is 16.2. The summed E-state index contributed by atoms with van der Waals surface area (Å²) in [6.07, 6.45) is 2.32. The van der Waals surface area contributed by atoms with Crippen LogP contribution in [-0.4, -0.2) is 48.3 Å². The Labute approximate surface area is 229 Å². The van der Waals surface area contributed by atoms with Gasteiger partial charge in [0, 0.05) is 13.1 Å². The molecule has 198 valence electrons. The summed E-state index contributed by atoms with van der Waals surface area (Å²) in [4.78, 5) is 40.2. The van der Waals surface area contributed by atoms with Gasteiger partial charge in [-0.05, 0) is 52.3 Å². The number of rotatable bonds is 9. The normalized spacial score (nSPS) is 14.8. The SMILES string of the molecule is O=C(CNC(=O)C1CCCN1C(=O)Cc1cccc2ccccc12)NCCc1cccc(-c2ccccc2)c1. The zero-order valence-corrected chi connectivity index (χ0v) is 21.9. The van der Waals surface area contributed by atoms with E-state index in [0.29, 0.717) is 25.9 Å². The molecule has 2 N–H and O–H groups in total. The summed E-state index contributed by atoms with van der Waals surface area (Å²) >= 11 is 0. The fourth-order valence-corrected chi connectivity index (χ4v) is 5.28. The summed E-state index contributed by atoms with van der Waals surface area (Å²) < 4.78 is 0. The first-order valence-electron chi connectivity index (χ1n) is 13.5. The molecule has 39 heavy (non-hydrogen) atoms. The van der Waals surface area contributed by atoms with E-state index in [9.17, 15) is 14.4 Å². The van der Waals surface area contributed by atoms with Crippen molar-refractivity contribution in [1.82, 2.24) is 15.5 Å². The van der Waals surface area contributed by atoms with E-state index in [1.807, 2.05) is 72.8 Å². The minimum Gasteiger partial charge on any atom is -0.354 e. The van der Waals surface area contributed by atoms with Gasteiger partial charge in [0.05, 0.1) is 13.0 Å². The Balaban J connectivity index is 1.09. The maximum Gasteiger partial charge on any atom is 0.243 e. The molecule has 1 aliphatic rings. The number of carbonyl (C=O) groups excluding carboxylic acids is 3. The lowest BCUT2D eigenvalue weighted by Gasteiger charge is -2.24. The third-order valence-corrected chi connectivity index (χ3v) is 7.29. The van der Waals surface area contributed by atoms with Gasteiger partial charge >= 0.3 is 0 Å². The van der Waals surface area contributed by atoms with E-state index < -0.39 is 6.04 Å². The summed E-state index contributed by atoms with van der Waals surface area (Å²) in [5, 5.41) is 7.77. The second kappa shape index (κ2) is 12.4. The first-order chi connectivity index (χ1) is 19.1. The summed E-state index contributed by atoms with van der Waals surface area (Å²) in [5.41, 5.74) is 4.38. The topological polar surface area (TPSA) is 78.5 Å². The molecule has 1 heterocycles. The Hall–Kier alpha value is -4.45. The molecular weight excluding hydrogens is 486 g/mol. The molecule has 0 spiro atoms.